The lowest BCUT2D eigenvalue weighted by Crippen LogP contribution is -2.39. The molecule has 0 unspecified atom stereocenters. The van der Waals surface area contributed by atoms with E-state index in [0.29, 0.717) is 0 Å². The summed E-state index contributed by atoms with van der Waals surface area (Å²) in [4.78, 5) is 13.7. The predicted octanol–water partition coefficient (Wildman–Crippen LogP) is 3.74. The molecule has 2 aliphatic rings. The first-order valence-corrected chi connectivity index (χ1v) is 7.12. The fraction of sp³-hybridized carbons (Fsp3) is 0.800. The van der Waals surface area contributed by atoms with Gasteiger partial charge in [0.05, 0.1) is 0 Å². The Balaban J connectivity index is 1.87. The summed E-state index contributed by atoms with van der Waals surface area (Å²) in [6.45, 7) is 7.27. The minimum Gasteiger partial charge on any atom is -0.444 e. The van der Waals surface area contributed by atoms with Crippen LogP contribution in [0, 0.1) is 5.92 Å². The number of hydrogen-bond acceptors (Lipinski definition) is 2. The molecule has 1 aliphatic heterocycles. The number of hydrogen-bond donors (Lipinski definition) is 0. The van der Waals surface area contributed by atoms with E-state index in [1.54, 1.807) is 5.57 Å². The van der Waals surface area contributed by atoms with Crippen LogP contribution < -0.4 is 0 Å². The van der Waals surface area contributed by atoms with E-state index >= 15 is 0 Å². The molecule has 2 rings (SSSR count). The molecular formula is C15H25NO2. The van der Waals surface area contributed by atoms with Gasteiger partial charge < -0.3 is 9.64 Å². The van der Waals surface area contributed by atoms with Crippen molar-refractivity contribution < 1.29 is 9.53 Å². The molecule has 3 heteroatoms. The number of rotatable bonds is 1. The highest BCUT2D eigenvalue weighted by atomic mass is 16.6. The van der Waals surface area contributed by atoms with Gasteiger partial charge in [-0.2, -0.15) is 0 Å². The molecule has 0 aromatic carbocycles. The average Bonchev–Trinajstić information content (AvgIpc) is 2.80. The quantitative estimate of drug-likeness (QED) is 0.664. The van der Waals surface area contributed by atoms with E-state index in [2.05, 4.69) is 6.08 Å². The summed E-state index contributed by atoms with van der Waals surface area (Å²) in [5.74, 6) is 0.797. The molecule has 1 aliphatic carbocycles. The summed E-state index contributed by atoms with van der Waals surface area (Å²) in [7, 11) is 0. The van der Waals surface area contributed by atoms with Crippen LogP contribution in [0.3, 0.4) is 0 Å². The Labute approximate surface area is 110 Å². The number of amides is 1. The second kappa shape index (κ2) is 5.33. The molecule has 0 N–H and O–H groups in total. The first-order valence-electron chi connectivity index (χ1n) is 7.12. The number of carbonyl (C=O) groups excluding carboxylic acids is 1. The summed E-state index contributed by atoms with van der Waals surface area (Å²) < 4.78 is 5.40. The summed E-state index contributed by atoms with van der Waals surface area (Å²) in [6, 6.07) is 0. The van der Waals surface area contributed by atoms with Crippen molar-refractivity contribution in [3.63, 3.8) is 0 Å². The van der Waals surface area contributed by atoms with Gasteiger partial charge >= 0.3 is 6.09 Å². The molecule has 3 nitrogen and oxygen atoms in total. The summed E-state index contributed by atoms with van der Waals surface area (Å²) in [5, 5.41) is 0. The van der Waals surface area contributed by atoms with Gasteiger partial charge in [-0.3, -0.25) is 0 Å². The van der Waals surface area contributed by atoms with Gasteiger partial charge in [-0.15, -0.1) is 0 Å². The van der Waals surface area contributed by atoms with Gasteiger partial charge in [0, 0.05) is 13.1 Å². The third-order valence-electron chi connectivity index (χ3n) is 3.78. The zero-order valence-corrected chi connectivity index (χ0v) is 11.9. The molecule has 0 spiro atoms. The van der Waals surface area contributed by atoms with E-state index in [-0.39, 0.29) is 6.09 Å². The molecule has 0 atom stereocenters. The SMILES string of the molecule is CC(C)(C)OC(=O)N1CC=C(C2CCCC2)CC1. The molecule has 0 aromatic rings. The lowest BCUT2D eigenvalue weighted by Gasteiger charge is -2.30. The normalized spacial score (nSPS) is 21.9. The maximum Gasteiger partial charge on any atom is 0.410 e. The molecule has 0 bridgehead atoms. The molecule has 102 valence electrons. The van der Waals surface area contributed by atoms with Crippen LogP contribution in [0.15, 0.2) is 11.6 Å². The van der Waals surface area contributed by atoms with Crippen molar-refractivity contribution in [2.24, 2.45) is 5.92 Å². The molecule has 0 radical (unpaired) electrons. The second-order valence-corrected chi connectivity index (χ2v) is 6.44. The highest BCUT2D eigenvalue weighted by Gasteiger charge is 2.26. The Hall–Kier alpha value is -0.990. The van der Waals surface area contributed by atoms with Gasteiger partial charge in [0.2, 0.25) is 0 Å². The minimum absolute atomic E-state index is 0.177. The largest absolute Gasteiger partial charge is 0.444 e. The van der Waals surface area contributed by atoms with Gasteiger partial charge in [0.25, 0.3) is 0 Å². The van der Waals surface area contributed by atoms with Crippen molar-refractivity contribution in [1.29, 1.82) is 0 Å². The van der Waals surface area contributed by atoms with Crippen molar-refractivity contribution in [2.45, 2.75) is 58.5 Å². The third kappa shape index (κ3) is 3.50. The van der Waals surface area contributed by atoms with Crippen LogP contribution in [0.4, 0.5) is 4.79 Å². The molecule has 18 heavy (non-hydrogen) atoms. The van der Waals surface area contributed by atoms with Gasteiger partial charge in [-0.1, -0.05) is 24.5 Å². The molecule has 1 saturated carbocycles. The van der Waals surface area contributed by atoms with Crippen LogP contribution >= 0.6 is 0 Å². The first kappa shape index (κ1) is 13.4. The predicted molar refractivity (Wildman–Crippen MR) is 72.5 cm³/mol. The Bertz CT molecular complexity index is 335. The van der Waals surface area contributed by atoms with Crippen molar-refractivity contribution >= 4 is 6.09 Å². The highest BCUT2D eigenvalue weighted by Crippen LogP contribution is 2.34. The molecule has 1 heterocycles. The van der Waals surface area contributed by atoms with E-state index in [1.807, 2.05) is 25.7 Å². The van der Waals surface area contributed by atoms with E-state index in [9.17, 15) is 4.79 Å². The third-order valence-corrected chi connectivity index (χ3v) is 3.78. The Morgan fingerprint density at radius 3 is 2.50 bits per heavy atom. The smallest absolute Gasteiger partial charge is 0.410 e. The monoisotopic (exact) mass is 251 g/mol. The Kier molecular flexibility index (Phi) is 3.98. The fourth-order valence-electron chi connectivity index (χ4n) is 2.84. The van der Waals surface area contributed by atoms with Gasteiger partial charge in [0.1, 0.15) is 5.60 Å². The highest BCUT2D eigenvalue weighted by molar-refractivity contribution is 5.68. The van der Waals surface area contributed by atoms with Gasteiger partial charge in [-0.25, -0.2) is 4.79 Å². The van der Waals surface area contributed by atoms with Crippen LogP contribution in [0.1, 0.15) is 52.9 Å². The van der Waals surface area contributed by atoms with Crippen molar-refractivity contribution in [2.75, 3.05) is 13.1 Å². The van der Waals surface area contributed by atoms with E-state index in [0.717, 1.165) is 25.4 Å². The summed E-state index contributed by atoms with van der Waals surface area (Å²) >= 11 is 0. The number of nitrogens with zero attached hydrogens (tertiary/aromatic N) is 1. The zero-order valence-electron chi connectivity index (χ0n) is 11.9. The maximum atomic E-state index is 11.9. The van der Waals surface area contributed by atoms with Crippen LogP contribution in [0.5, 0.6) is 0 Å². The number of carbonyl (C=O) groups is 1. The van der Waals surface area contributed by atoms with E-state index in [1.165, 1.54) is 25.7 Å². The van der Waals surface area contributed by atoms with Crippen LogP contribution in [-0.2, 0) is 4.74 Å². The van der Waals surface area contributed by atoms with E-state index in [4.69, 9.17) is 4.74 Å². The Morgan fingerprint density at radius 1 is 1.33 bits per heavy atom. The summed E-state index contributed by atoms with van der Waals surface area (Å²) in [5.41, 5.74) is 1.18. The van der Waals surface area contributed by atoms with Crippen LogP contribution in [0.2, 0.25) is 0 Å². The molecular weight excluding hydrogens is 226 g/mol. The van der Waals surface area contributed by atoms with E-state index < -0.39 is 5.60 Å². The first-order chi connectivity index (χ1) is 8.46. The number of ether oxygens (including phenoxy) is 1. The lowest BCUT2D eigenvalue weighted by molar-refractivity contribution is 0.0264. The molecule has 0 aromatic heterocycles. The Morgan fingerprint density at radius 2 is 2.00 bits per heavy atom. The maximum absolute atomic E-state index is 11.9. The standard InChI is InChI=1S/C15H25NO2/c1-15(2,3)18-14(17)16-10-8-13(9-11-16)12-6-4-5-7-12/h8,12H,4-7,9-11H2,1-3H3. The minimum atomic E-state index is -0.396. The van der Waals surface area contributed by atoms with Gasteiger partial charge in [0.15, 0.2) is 0 Å². The van der Waals surface area contributed by atoms with Crippen LogP contribution in [-0.4, -0.2) is 29.7 Å². The molecule has 1 fully saturated rings. The second-order valence-electron chi connectivity index (χ2n) is 6.44. The average molecular weight is 251 g/mol. The zero-order chi connectivity index (χ0) is 13.2. The van der Waals surface area contributed by atoms with Crippen LogP contribution in [0.25, 0.3) is 0 Å². The van der Waals surface area contributed by atoms with Gasteiger partial charge in [-0.05, 0) is 46.0 Å². The molecule has 0 saturated heterocycles. The molecule has 1 amide bonds. The topological polar surface area (TPSA) is 29.5 Å². The lowest BCUT2D eigenvalue weighted by atomic mass is 9.92. The fourth-order valence-corrected chi connectivity index (χ4v) is 2.84. The van der Waals surface area contributed by atoms with Crippen molar-refractivity contribution in [3.8, 4) is 0 Å². The summed E-state index contributed by atoms with van der Waals surface area (Å²) in [6.07, 6.45) is 8.55. The van der Waals surface area contributed by atoms with Crippen molar-refractivity contribution in [3.05, 3.63) is 11.6 Å². The van der Waals surface area contributed by atoms with Crippen molar-refractivity contribution in [1.82, 2.24) is 4.90 Å².